The van der Waals surface area contributed by atoms with Gasteiger partial charge in [0, 0.05) is 19.3 Å². The highest BCUT2D eigenvalue weighted by Gasteiger charge is 2.19. The minimum atomic E-state index is -0.775. The summed E-state index contributed by atoms with van der Waals surface area (Å²) in [5.41, 5.74) is 0. The van der Waals surface area contributed by atoms with Crippen LogP contribution >= 0.6 is 0 Å². The normalized spacial score (nSPS) is 12.2. The average Bonchev–Trinajstić information content (AvgIpc) is 3.35. The smallest absolute Gasteiger partial charge is 0.306 e. The number of ether oxygens (including phenoxy) is 3. The monoisotopic (exact) mass is 969 g/mol. The molecule has 69 heavy (non-hydrogen) atoms. The lowest BCUT2D eigenvalue weighted by molar-refractivity contribution is -0.167. The molecule has 0 aliphatic carbocycles. The van der Waals surface area contributed by atoms with Gasteiger partial charge in [0.25, 0.3) is 0 Å². The van der Waals surface area contributed by atoms with Gasteiger partial charge < -0.3 is 14.2 Å². The summed E-state index contributed by atoms with van der Waals surface area (Å²) in [6, 6.07) is 0. The van der Waals surface area contributed by atoms with Crippen LogP contribution in [0.3, 0.4) is 0 Å². The van der Waals surface area contributed by atoms with Crippen molar-refractivity contribution in [2.75, 3.05) is 13.2 Å². The molecule has 0 heterocycles. The average molecular weight is 970 g/mol. The molecule has 0 amide bonds. The van der Waals surface area contributed by atoms with Crippen molar-refractivity contribution in [3.8, 4) is 0 Å². The zero-order chi connectivity index (χ0) is 50.0. The van der Waals surface area contributed by atoms with Gasteiger partial charge in [-0.05, 0) is 51.4 Å². The van der Waals surface area contributed by atoms with E-state index in [-0.39, 0.29) is 31.1 Å². The highest BCUT2D eigenvalue weighted by molar-refractivity contribution is 5.71. The Bertz CT molecular complexity index is 1160. The molecule has 0 aromatic carbocycles. The highest BCUT2D eigenvalue weighted by atomic mass is 16.6. The first kappa shape index (κ1) is 66.6. The van der Waals surface area contributed by atoms with Crippen LogP contribution in [0.1, 0.15) is 329 Å². The van der Waals surface area contributed by atoms with Gasteiger partial charge in [-0.25, -0.2) is 0 Å². The van der Waals surface area contributed by atoms with E-state index in [1.165, 1.54) is 193 Å². The van der Waals surface area contributed by atoms with Crippen molar-refractivity contribution in [3.05, 3.63) is 36.5 Å². The maximum Gasteiger partial charge on any atom is 0.306 e. The van der Waals surface area contributed by atoms with Crippen LogP contribution in [0, 0.1) is 0 Å². The predicted octanol–water partition coefficient (Wildman–Crippen LogP) is 20.4. The van der Waals surface area contributed by atoms with E-state index in [9.17, 15) is 14.4 Å². The van der Waals surface area contributed by atoms with Crippen LogP contribution in [-0.4, -0.2) is 37.2 Å². The largest absolute Gasteiger partial charge is 0.462 e. The zero-order valence-corrected chi connectivity index (χ0v) is 46.3. The van der Waals surface area contributed by atoms with E-state index in [0.717, 1.165) is 96.3 Å². The summed E-state index contributed by atoms with van der Waals surface area (Å²) in [6.45, 7) is 6.57. The van der Waals surface area contributed by atoms with Crippen LogP contribution in [0.2, 0.25) is 0 Å². The van der Waals surface area contributed by atoms with E-state index in [1.54, 1.807) is 0 Å². The highest BCUT2D eigenvalue weighted by Crippen LogP contribution is 2.18. The van der Waals surface area contributed by atoms with Crippen LogP contribution in [0.25, 0.3) is 0 Å². The molecule has 0 unspecified atom stereocenters. The van der Waals surface area contributed by atoms with Crippen molar-refractivity contribution < 1.29 is 28.6 Å². The van der Waals surface area contributed by atoms with Gasteiger partial charge in [0.2, 0.25) is 0 Å². The van der Waals surface area contributed by atoms with Crippen molar-refractivity contribution in [3.63, 3.8) is 0 Å². The Kier molecular flexibility index (Phi) is 56.2. The third kappa shape index (κ3) is 56.4. The fourth-order valence-corrected chi connectivity index (χ4v) is 9.11. The minimum Gasteiger partial charge on any atom is -0.462 e. The molecule has 0 N–H and O–H groups in total. The Morgan fingerprint density at radius 3 is 0.884 bits per heavy atom. The van der Waals surface area contributed by atoms with Crippen LogP contribution in [0.4, 0.5) is 0 Å². The van der Waals surface area contributed by atoms with E-state index in [0.29, 0.717) is 19.3 Å². The van der Waals surface area contributed by atoms with Gasteiger partial charge in [-0.3, -0.25) is 14.4 Å². The molecule has 0 fully saturated rings. The van der Waals surface area contributed by atoms with Crippen LogP contribution in [0.5, 0.6) is 0 Å². The number of allylic oxidation sites excluding steroid dienone is 6. The van der Waals surface area contributed by atoms with E-state index < -0.39 is 6.10 Å². The molecule has 0 aliphatic heterocycles. The van der Waals surface area contributed by atoms with Gasteiger partial charge in [0.05, 0.1) is 0 Å². The standard InChI is InChI=1S/C63H116O6/c1-4-7-10-13-16-19-22-25-28-30-31-33-36-39-42-45-48-51-54-57-63(66)69-60(58-67-61(64)55-52-49-46-43-40-37-34-27-24-21-18-15-12-9-6-3)59-68-62(65)56-53-50-47-44-41-38-35-32-29-26-23-20-17-14-11-8-5-2/h9,12,18,21,27,34,60H,4-8,10-11,13-17,19-20,22-26,28-33,35-59H2,1-3H3/b12-9-,21-18-,34-27-/t60-/m1/s1. The molecule has 0 saturated heterocycles. The van der Waals surface area contributed by atoms with E-state index in [1.807, 2.05) is 0 Å². The number of carbonyl (C=O) groups is 3. The Morgan fingerprint density at radius 1 is 0.304 bits per heavy atom. The van der Waals surface area contributed by atoms with Crippen LogP contribution in [-0.2, 0) is 28.6 Å². The Balaban J connectivity index is 4.33. The SMILES string of the molecule is CC/C=C\C/C=C\C/C=C\CCCCCCCC(=O)OC[C@H](COC(=O)CCCCCCCCCCCCCCCCCCC)OC(=O)CCCCCCCCCCCCCCCCCCCCC. The van der Waals surface area contributed by atoms with Gasteiger partial charge in [-0.15, -0.1) is 0 Å². The van der Waals surface area contributed by atoms with E-state index in [4.69, 9.17) is 14.2 Å². The summed E-state index contributed by atoms with van der Waals surface area (Å²) in [4.78, 5) is 38.2. The first-order valence-corrected chi connectivity index (χ1v) is 30.5. The van der Waals surface area contributed by atoms with E-state index >= 15 is 0 Å². The first-order chi connectivity index (χ1) is 34.0. The Labute approximate surface area is 429 Å². The lowest BCUT2D eigenvalue weighted by Crippen LogP contribution is -2.30. The number of hydrogen-bond donors (Lipinski definition) is 0. The maximum absolute atomic E-state index is 12.9. The molecule has 0 aromatic rings. The molecule has 0 aliphatic rings. The molecular formula is C63H116O6. The molecule has 6 heteroatoms. The predicted molar refractivity (Wildman–Crippen MR) is 298 cm³/mol. The second kappa shape index (κ2) is 58.2. The molecular weight excluding hydrogens is 853 g/mol. The number of carbonyl (C=O) groups excluding carboxylic acids is 3. The molecule has 0 spiro atoms. The second-order valence-corrected chi connectivity index (χ2v) is 20.6. The zero-order valence-electron chi connectivity index (χ0n) is 46.3. The summed E-state index contributed by atoms with van der Waals surface area (Å²) < 4.78 is 16.9. The van der Waals surface area contributed by atoms with Gasteiger partial charge >= 0.3 is 17.9 Å². The van der Waals surface area contributed by atoms with Crippen molar-refractivity contribution in [2.24, 2.45) is 0 Å². The van der Waals surface area contributed by atoms with Crippen molar-refractivity contribution in [1.82, 2.24) is 0 Å². The second-order valence-electron chi connectivity index (χ2n) is 20.6. The molecule has 0 bridgehead atoms. The van der Waals surface area contributed by atoms with Crippen LogP contribution < -0.4 is 0 Å². The lowest BCUT2D eigenvalue weighted by Gasteiger charge is -2.18. The molecule has 0 saturated carbocycles. The maximum atomic E-state index is 12.9. The summed E-state index contributed by atoms with van der Waals surface area (Å²) in [6.07, 6.45) is 70.0. The summed E-state index contributed by atoms with van der Waals surface area (Å²) in [5, 5.41) is 0. The fraction of sp³-hybridized carbons (Fsp3) is 0.857. The third-order valence-electron chi connectivity index (χ3n) is 13.7. The van der Waals surface area contributed by atoms with Gasteiger partial charge in [-0.1, -0.05) is 295 Å². The van der Waals surface area contributed by atoms with Crippen molar-refractivity contribution >= 4 is 17.9 Å². The summed E-state index contributed by atoms with van der Waals surface area (Å²) in [5.74, 6) is -0.867. The molecule has 6 nitrogen and oxygen atoms in total. The quantitative estimate of drug-likeness (QED) is 0.0261. The Hall–Kier alpha value is -2.37. The number of esters is 3. The lowest BCUT2D eigenvalue weighted by atomic mass is 10.0. The van der Waals surface area contributed by atoms with Crippen molar-refractivity contribution in [2.45, 2.75) is 335 Å². The number of hydrogen-bond acceptors (Lipinski definition) is 6. The Morgan fingerprint density at radius 2 is 0.565 bits per heavy atom. The molecule has 404 valence electrons. The molecule has 0 radical (unpaired) electrons. The van der Waals surface area contributed by atoms with Gasteiger partial charge in [0.1, 0.15) is 13.2 Å². The van der Waals surface area contributed by atoms with Gasteiger partial charge in [0.15, 0.2) is 6.10 Å². The number of unbranched alkanes of at least 4 members (excludes halogenated alkanes) is 39. The summed E-state index contributed by atoms with van der Waals surface area (Å²) in [7, 11) is 0. The first-order valence-electron chi connectivity index (χ1n) is 30.5. The van der Waals surface area contributed by atoms with Crippen LogP contribution in [0.15, 0.2) is 36.5 Å². The fourth-order valence-electron chi connectivity index (χ4n) is 9.11. The van der Waals surface area contributed by atoms with Crippen molar-refractivity contribution in [1.29, 1.82) is 0 Å². The van der Waals surface area contributed by atoms with Gasteiger partial charge in [-0.2, -0.15) is 0 Å². The molecule has 1 atom stereocenters. The topological polar surface area (TPSA) is 78.9 Å². The third-order valence-corrected chi connectivity index (χ3v) is 13.7. The number of rotatable bonds is 56. The summed E-state index contributed by atoms with van der Waals surface area (Å²) >= 11 is 0. The minimum absolute atomic E-state index is 0.0724. The molecule has 0 aromatic heterocycles. The van der Waals surface area contributed by atoms with E-state index in [2.05, 4.69) is 57.2 Å². The molecule has 0 rings (SSSR count).